The summed E-state index contributed by atoms with van der Waals surface area (Å²) in [5.74, 6) is 0.782. The maximum absolute atomic E-state index is 11.4. The first-order valence-corrected chi connectivity index (χ1v) is 9.24. The topological polar surface area (TPSA) is 46.4 Å². The summed E-state index contributed by atoms with van der Waals surface area (Å²) in [5, 5.41) is 13.4. The average molecular weight is 334 g/mol. The van der Waals surface area contributed by atoms with Gasteiger partial charge < -0.3 is 0 Å². The van der Waals surface area contributed by atoms with Crippen LogP contribution in [0.25, 0.3) is 0 Å². The molecule has 0 unspecified atom stereocenters. The Bertz CT molecular complexity index is 638. The van der Waals surface area contributed by atoms with Crippen LogP contribution in [0, 0.1) is 10.1 Å². The van der Waals surface area contributed by atoms with Crippen LogP contribution in [0.5, 0.6) is 0 Å². The molecular weight excluding hydrogens is 316 g/mol. The lowest BCUT2D eigenvalue weighted by Crippen LogP contribution is -2.18. The van der Waals surface area contributed by atoms with E-state index in [1.165, 1.54) is 29.5 Å². The molecule has 22 heavy (non-hydrogen) atoms. The summed E-state index contributed by atoms with van der Waals surface area (Å²) in [6.45, 7) is 3.02. The summed E-state index contributed by atoms with van der Waals surface area (Å²) in [4.78, 5) is 15.4. The van der Waals surface area contributed by atoms with Gasteiger partial charge in [0.2, 0.25) is 0 Å². The lowest BCUT2D eigenvalue weighted by molar-refractivity contribution is -0.387. The van der Waals surface area contributed by atoms with E-state index in [2.05, 4.69) is 11.0 Å². The van der Waals surface area contributed by atoms with Crippen LogP contribution < -0.4 is 0 Å². The fraction of sp³-hybridized carbons (Fsp3) is 0.375. The van der Waals surface area contributed by atoms with Crippen molar-refractivity contribution >= 4 is 28.8 Å². The molecule has 2 heterocycles. The van der Waals surface area contributed by atoms with E-state index in [1.807, 2.05) is 23.6 Å². The number of nitrogens with zero attached hydrogens (tertiary/aromatic N) is 2. The third-order valence-electron chi connectivity index (χ3n) is 3.77. The van der Waals surface area contributed by atoms with Crippen LogP contribution >= 0.6 is 23.1 Å². The van der Waals surface area contributed by atoms with Gasteiger partial charge in [-0.1, -0.05) is 12.1 Å². The molecule has 6 heteroatoms. The molecule has 1 aliphatic heterocycles. The fourth-order valence-corrected chi connectivity index (χ4v) is 4.45. The van der Waals surface area contributed by atoms with Crippen molar-refractivity contribution in [3.63, 3.8) is 0 Å². The van der Waals surface area contributed by atoms with Gasteiger partial charge in [0, 0.05) is 23.2 Å². The van der Waals surface area contributed by atoms with Crippen LogP contribution in [0.4, 0.5) is 5.69 Å². The van der Waals surface area contributed by atoms with Crippen molar-refractivity contribution in [1.29, 1.82) is 0 Å². The van der Waals surface area contributed by atoms with Gasteiger partial charge in [-0.25, -0.2) is 0 Å². The molecule has 0 N–H and O–H groups in total. The lowest BCUT2D eigenvalue weighted by Gasteiger charge is -2.14. The first-order valence-electron chi connectivity index (χ1n) is 7.37. The number of hydrogen-bond donors (Lipinski definition) is 0. The van der Waals surface area contributed by atoms with Crippen molar-refractivity contribution in [2.45, 2.75) is 30.0 Å². The van der Waals surface area contributed by atoms with Crippen molar-refractivity contribution < 1.29 is 4.92 Å². The normalized spacial score (nSPS) is 15.3. The third-order valence-corrected chi connectivity index (χ3v) is 5.95. The molecule has 0 aliphatic carbocycles. The second kappa shape index (κ2) is 7.26. The Morgan fingerprint density at radius 2 is 2.09 bits per heavy atom. The van der Waals surface area contributed by atoms with E-state index in [-0.39, 0.29) is 10.6 Å². The highest BCUT2D eigenvalue weighted by Gasteiger charge is 2.18. The Labute approximate surface area is 138 Å². The van der Waals surface area contributed by atoms with Crippen LogP contribution in [-0.2, 0) is 12.3 Å². The lowest BCUT2D eigenvalue weighted by atomic mass is 10.2. The molecule has 1 aromatic heterocycles. The molecule has 0 radical (unpaired) electrons. The summed E-state index contributed by atoms with van der Waals surface area (Å²) in [7, 11) is 0. The van der Waals surface area contributed by atoms with Crippen LogP contribution in [0.1, 0.15) is 23.3 Å². The van der Waals surface area contributed by atoms with Gasteiger partial charge in [-0.2, -0.15) is 0 Å². The number of thiophene rings is 1. The maximum Gasteiger partial charge on any atom is 0.283 e. The summed E-state index contributed by atoms with van der Waals surface area (Å²) < 4.78 is 0. The van der Waals surface area contributed by atoms with Crippen LogP contribution in [0.15, 0.2) is 40.6 Å². The van der Waals surface area contributed by atoms with Gasteiger partial charge in [0.15, 0.2) is 0 Å². The van der Waals surface area contributed by atoms with Crippen molar-refractivity contribution in [3.05, 3.63) is 56.3 Å². The zero-order chi connectivity index (χ0) is 15.4. The highest BCUT2D eigenvalue weighted by atomic mass is 32.2. The summed E-state index contributed by atoms with van der Waals surface area (Å²) in [6.07, 6.45) is 2.47. The predicted molar refractivity (Wildman–Crippen MR) is 91.5 cm³/mol. The number of likely N-dealkylation sites (tertiary alicyclic amines) is 1. The molecule has 1 aromatic carbocycles. The van der Waals surface area contributed by atoms with Crippen molar-refractivity contribution in [1.82, 2.24) is 4.90 Å². The third kappa shape index (κ3) is 3.88. The second-order valence-corrected chi connectivity index (χ2v) is 7.46. The number of benzene rings is 1. The Balaban J connectivity index is 1.73. The number of nitro benzene ring substituents is 1. The maximum atomic E-state index is 11.4. The zero-order valence-corrected chi connectivity index (χ0v) is 13.9. The minimum Gasteiger partial charge on any atom is -0.299 e. The number of hydrogen-bond acceptors (Lipinski definition) is 5. The molecule has 0 bridgehead atoms. The molecule has 0 atom stereocenters. The summed E-state index contributed by atoms with van der Waals surface area (Å²) >= 11 is 3.22. The second-order valence-electron chi connectivity index (χ2n) is 5.41. The number of thioether (sulfide) groups is 1. The highest BCUT2D eigenvalue weighted by molar-refractivity contribution is 7.98. The molecule has 0 amide bonds. The Morgan fingerprint density at radius 3 is 2.77 bits per heavy atom. The Morgan fingerprint density at radius 1 is 1.27 bits per heavy atom. The van der Waals surface area contributed by atoms with E-state index in [0.29, 0.717) is 0 Å². The van der Waals surface area contributed by atoms with E-state index in [9.17, 15) is 10.1 Å². The smallest absolute Gasteiger partial charge is 0.283 e. The molecule has 4 nitrogen and oxygen atoms in total. The molecule has 0 spiro atoms. The van der Waals surface area contributed by atoms with Crippen LogP contribution in [0.2, 0.25) is 0 Å². The van der Waals surface area contributed by atoms with Gasteiger partial charge in [-0.3, -0.25) is 15.0 Å². The standard InChI is InChI=1S/C16H18N2O2S2/c19-18(20)15-10-13(11-17-7-1-2-8-17)5-6-16(15)22-12-14-4-3-9-21-14/h3-6,9-10H,1-2,7-8,11-12H2. The Hall–Kier alpha value is -1.37. The Kier molecular flexibility index (Phi) is 5.12. The molecular formula is C16H18N2O2S2. The molecule has 0 saturated carbocycles. The van der Waals surface area contributed by atoms with E-state index < -0.39 is 0 Å². The van der Waals surface area contributed by atoms with Crippen molar-refractivity contribution in [2.24, 2.45) is 0 Å². The number of nitro groups is 1. The minimum absolute atomic E-state index is 0.234. The van der Waals surface area contributed by atoms with E-state index >= 15 is 0 Å². The molecule has 2 aromatic rings. The largest absolute Gasteiger partial charge is 0.299 e. The van der Waals surface area contributed by atoms with E-state index in [0.717, 1.165) is 35.8 Å². The monoisotopic (exact) mass is 334 g/mol. The minimum atomic E-state index is -0.260. The molecule has 1 saturated heterocycles. The van der Waals surface area contributed by atoms with E-state index in [4.69, 9.17) is 0 Å². The van der Waals surface area contributed by atoms with Crippen molar-refractivity contribution in [2.75, 3.05) is 13.1 Å². The van der Waals surface area contributed by atoms with Gasteiger partial charge in [-0.15, -0.1) is 23.1 Å². The molecule has 1 fully saturated rings. The van der Waals surface area contributed by atoms with Gasteiger partial charge >= 0.3 is 0 Å². The number of rotatable bonds is 6. The first-order chi connectivity index (χ1) is 10.7. The van der Waals surface area contributed by atoms with Gasteiger partial charge in [-0.05, 0) is 49.0 Å². The predicted octanol–water partition coefficient (Wildman–Crippen LogP) is 4.54. The first kappa shape index (κ1) is 15.5. The fourth-order valence-electron chi connectivity index (χ4n) is 2.67. The van der Waals surface area contributed by atoms with Gasteiger partial charge in [0.1, 0.15) is 0 Å². The van der Waals surface area contributed by atoms with Crippen LogP contribution in [0.3, 0.4) is 0 Å². The van der Waals surface area contributed by atoms with Gasteiger partial charge in [0.25, 0.3) is 5.69 Å². The summed E-state index contributed by atoms with van der Waals surface area (Å²) in [6, 6.07) is 9.75. The molecule has 1 aliphatic rings. The quantitative estimate of drug-likeness (QED) is 0.442. The SMILES string of the molecule is O=[N+]([O-])c1cc(CN2CCCC2)ccc1SCc1cccs1. The molecule has 116 valence electrons. The molecule has 3 rings (SSSR count). The van der Waals surface area contributed by atoms with Crippen molar-refractivity contribution in [3.8, 4) is 0 Å². The van der Waals surface area contributed by atoms with Crippen LogP contribution in [-0.4, -0.2) is 22.9 Å². The zero-order valence-electron chi connectivity index (χ0n) is 12.2. The highest BCUT2D eigenvalue weighted by Crippen LogP contribution is 2.33. The van der Waals surface area contributed by atoms with E-state index in [1.54, 1.807) is 17.4 Å². The average Bonchev–Trinajstić information content (AvgIpc) is 3.19. The summed E-state index contributed by atoms with van der Waals surface area (Å²) in [5.41, 5.74) is 1.27. The van der Waals surface area contributed by atoms with Gasteiger partial charge in [0.05, 0.1) is 9.82 Å².